The molecule has 0 aliphatic rings. The Morgan fingerprint density at radius 3 is 2.41 bits per heavy atom. The summed E-state index contributed by atoms with van der Waals surface area (Å²) in [7, 11) is 0. The second-order valence-corrected chi connectivity index (χ2v) is 3.74. The van der Waals surface area contributed by atoms with Crippen molar-refractivity contribution in [2.75, 3.05) is 0 Å². The van der Waals surface area contributed by atoms with E-state index < -0.39 is 4.92 Å². The van der Waals surface area contributed by atoms with Crippen molar-refractivity contribution >= 4 is 18.3 Å². The van der Waals surface area contributed by atoms with Crippen LogP contribution in [0, 0.1) is 10.1 Å². The van der Waals surface area contributed by atoms with Gasteiger partial charge in [0.1, 0.15) is 16.4 Å². The Balaban J connectivity index is 2.34. The highest BCUT2D eigenvalue weighted by Gasteiger charge is 2.15. The van der Waals surface area contributed by atoms with Gasteiger partial charge in [-0.1, -0.05) is 24.3 Å². The molecular formula is C12H9NO3S. The normalized spacial score (nSPS) is 9.94. The zero-order valence-corrected chi connectivity index (χ0v) is 9.63. The molecule has 0 aliphatic carbocycles. The number of benzene rings is 2. The Morgan fingerprint density at radius 1 is 1.06 bits per heavy atom. The van der Waals surface area contributed by atoms with E-state index in [-0.39, 0.29) is 10.6 Å². The lowest BCUT2D eigenvalue weighted by atomic mass is 10.3. The van der Waals surface area contributed by atoms with Crippen molar-refractivity contribution in [1.82, 2.24) is 0 Å². The average molecular weight is 247 g/mol. The quantitative estimate of drug-likeness (QED) is 0.511. The zero-order valence-electron chi connectivity index (χ0n) is 8.74. The van der Waals surface area contributed by atoms with Gasteiger partial charge in [0.2, 0.25) is 0 Å². The number of nitro benzene ring substituents is 1. The largest absolute Gasteiger partial charge is 0.456 e. The fourth-order valence-corrected chi connectivity index (χ4v) is 1.63. The van der Waals surface area contributed by atoms with Crippen molar-refractivity contribution in [3.05, 3.63) is 58.6 Å². The highest BCUT2D eigenvalue weighted by atomic mass is 32.1. The molecule has 0 spiro atoms. The second kappa shape index (κ2) is 4.88. The van der Waals surface area contributed by atoms with Gasteiger partial charge >= 0.3 is 0 Å². The van der Waals surface area contributed by atoms with Crippen LogP contribution in [0.5, 0.6) is 11.5 Å². The van der Waals surface area contributed by atoms with E-state index in [0.717, 1.165) is 0 Å². The molecule has 0 saturated heterocycles. The van der Waals surface area contributed by atoms with Gasteiger partial charge in [0, 0.05) is 6.07 Å². The maximum absolute atomic E-state index is 10.7. The van der Waals surface area contributed by atoms with Crippen molar-refractivity contribution in [2.24, 2.45) is 0 Å². The Labute approximate surface area is 103 Å². The summed E-state index contributed by atoms with van der Waals surface area (Å²) in [5.74, 6) is 0.983. The standard InChI is InChI=1S/C12H9NO3S/c14-13(15)10-7-4-8-11(12(10)17)16-9-5-2-1-3-6-9/h1-8,17H. The summed E-state index contributed by atoms with van der Waals surface area (Å²) < 4.78 is 5.52. The summed E-state index contributed by atoms with van der Waals surface area (Å²) in [4.78, 5) is 10.5. The Morgan fingerprint density at radius 2 is 1.76 bits per heavy atom. The molecule has 2 rings (SSSR count). The predicted molar refractivity (Wildman–Crippen MR) is 66.9 cm³/mol. The third kappa shape index (κ3) is 2.57. The van der Waals surface area contributed by atoms with Crippen LogP contribution in [0.3, 0.4) is 0 Å². The van der Waals surface area contributed by atoms with Gasteiger partial charge in [-0.15, -0.1) is 12.6 Å². The number of rotatable bonds is 3. The van der Waals surface area contributed by atoms with Crippen molar-refractivity contribution in [2.45, 2.75) is 4.90 Å². The molecule has 0 atom stereocenters. The number of thiol groups is 1. The lowest BCUT2D eigenvalue weighted by Gasteiger charge is -2.07. The fourth-order valence-electron chi connectivity index (χ4n) is 1.36. The van der Waals surface area contributed by atoms with Gasteiger partial charge < -0.3 is 4.74 Å². The molecule has 0 aromatic heterocycles. The van der Waals surface area contributed by atoms with Crippen molar-refractivity contribution in [3.8, 4) is 11.5 Å². The summed E-state index contributed by atoms with van der Waals surface area (Å²) in [5.41, 5.74) is -0.0678. The van der Waals surface area contributed by atoms with Crippen molar-refractivity contribution < 1.29 is 9.66 Å². The van der Waals surface area contributed by atoms with Crippen LogP contribution in [0.2, 0.25) is 0 Å². The molecule has 0 unspecified atom stereocenters. The monoisotopic (exact) mass is 247 g/mol. The zero-order chi connectivity index (χ0) is 12.3. The smallest absolute Gasteiger partial charge is 0.286 e. The summed E-state index contributed by atoms with van der Waals surface area (Å²) in [6.07, 6.45) is 0. The van der Waals surface area contributed by atoms with Crippen LogP contribution in [-0.2, 0) is 0 Å². The first kappa shape index (κ1) is 11.5. The summed E-state index contributed by atoms with van der Waals surface area (Å²) in [5, 5.41) is 10.7. The minimum atomic E-state index is -0.486. The molecule has 0 aliphatic heterocycles. The number of hydrogen-bond donors (Lipinski definition) is 1. The average Bonchev–Trinajstić information content (AvgIpc) is 2.33. The van der Waals surface area contributed by atoms with Crippen molar-refractivity contribution in [1.29, 1.82) is 0 Å². The molecule has 5 heteroatoms. The first-order chi connectivity index (χ1) is 8.18. The van der Waals surface area contributed by atoms with Gasteiger partial charge in [0.25, 0.3) is 5.69 Å². The van der Waals surface area contributed by atoms with E-state index in [4.69, 9.17) is 4.74 Å². The van der Waals surface area contributed by atoms with Gasteiger partial charge in [-0.05, 0) is 18.2 Å². The molecule has 0 fully saturated rings. The Kier molecular flexibility index (Phi) is 3.30. The molecule has 0 N–H and O–H groups in total. The van der Waals surface area contributed by atoms with E-state index in [9.17, 15) is 10.1 Å². The molecule has 2 aromatic rings. The number of hydrogen-bond acceptors (Lipinski definition) is 4. The summed E-state index contributed by atoms with van der Waals surface area (Å²) in [6.45, 7) is 0. The van der Waals surface area contributed by atoms with Gasteiger partial charge in [-0.2, -0.15) is 0 Å². The first-order valence-corrected chi connectivity index (χ1v) is 5.32. The maximum Gasteiger partial charge on any atom is 0.286 e. The minimum absolute atomic E-state index is 0.0678. The van der Waals surface area contributed by atoms with Crippen LogP contribution in [0.25, 0.3) is 0 Å². The van der Waals surface area contributed by atoms with E-state index in [2.05, 4.69) is 12.6 Å². The molecule has 0 heterocycles. The van der Waals surface area contributed by atoms with Crippen LogP contribution in [0.1, 0.15) is 0 Å². The van der Waals surface area contributed by atoms with Gasteiger partial charge in [0.05, 0.1) is 4.92 Å². The lowest BCUT2D eigenvalue weighted by Crippen LogP contribution is -1.92. The Hall–Kier alpha value is -2.01. The fraction of sp³-hybridized carbons (Fsp3) is 0. The molecule has 2 aromatic carbocycles. The minimum Gasteiger partial charge on any atom is -0.456 e. The second-order valence-electron chi connectivity index (χ2n) is 3.30. The van der Waals surface area contributed by atoms with E-state index in [1.807, 2.05) is 18.2 Å². The third-order valence-electron chi connectivity index (χ3n) is 2.15. The van der Waals surface area contributed by atoms with Crippen LogP contribution < -0.4 is 4.74 Å². The molecule has 17 heavy (non-hydrogen) atoms. The van der Waals surface area contributed by atoms with E-state index in [1.54, 1.807) is 24.3 Å². The molecule has 0 amide bonds. The molecule has 86 valence electrons. The summed E-state index contributed by atoms with van der Waals surface area (Å²) in [6, 6.07) is 13.6. The van der Waals surface area contributed by atoms with Gasteiger partial charge in [-0.3, -0.25) is 10.1 Å². The van der Waals surface area contributed by atoms with Crippen molar-refractivity contribution in [3.63, 3.8) is 0 Å². The van der Waals surface area contributed by atoms with Crippen LogP contribution in [0.15, 0.2) is 53.4 Å². The van der Waals surface area contributed by atoms with Crippen LogP contribution >= 0.6 is 12.6 Å². The lowest BCUT2D eigenvalue weighted by molar-refractivity contribution is -0.387. The highest BCUT2D eigenvalue weighted by molar-refractivity contribution is 7.80. The van der Waals surface area contributed by atoms with Crippen LogP contribution in [-0.4, -0.2) is 4.92 Å². The molecule has 4 nitrogen and oxygen atoms in total. The molecule has 0 saturated carbocycles. The number of nitrogens with zero attached hydrogens (tertiary/aromatic N) is 1. The predicted octanol–water partition coefficient (Wildman–Crippen LogP) is 3.68. The summed E-state index contributed by atoms with van der Waals surface area (Å²) >= 11 is 4.11. The SMILES string of the molecule is O=[N+]([O-])c1cccc(Oc2ccccc2)c1S. The van der Waals surface area contributed by atoms with Gasteiger partial charge in [-0.25, -0.2) is 0 Å². The molecule has 0 bridgehead atoms. The Bertz CT molecular complexity index is 543. The number of para-hydroxylation sites is 1. The topological polar surface area (TPSA) is 52.4 Å². The van der Waals surface area contributed by atoms with E-state index in [1.165, 1.54) is 6.07 Å². The number of nitro groups is 1. The number of ether oxygens (including phenoxy) is 1. The van der Waals surface area contributed by atoms with E-state index >= 15 is 0 Å². The maximum atomic E-state index is 10.7. The van der Waals surface area contributed by atoms with Crippen LogP contribution in [0.4, 0.5) is 5.69 Å². The molecule has 0 radical (unpaired) electrons. The third-order valence-corrected chi connectivity index (χ3v) is 2.59. The van der Waals surface area contributed by atoms with E-state index in [0.29, 0.717) is 11.5 Å². The molecular weight excluding hydrogens is 238 g/mol. The first-order valence-electron chi connectivity index (χ1n) is 4.88. The van der Waals surface area contributed by atoms with Gasteiger partial charge in [0.15, 0.2) is 0 Å². The highest BCUT2D eigenvalue weighted by Crippen LogP contribution is 2.34.